The van der Waals surface area contributed by atoms with E-state index in [2.05, 4.69) is 20.5 Å². The summed E-state index contributed by atoms with van der Waals surface area (Å²) >= 11 is 0. The van der Waals surface area contributed by atoms with Crippen LogP contribution in [0.2, 0.25) is 0 Å². The van der Waals surface area contributed by atoms with E-state index in [9.17, 15) is 9.59 Å². The van der Waals surface area contributed by atoms with Crippen LogP contribution >= 0.6 is 0 Å². The first kappa shape index (κ1) is 14.8. The van der Waals surface area contributed by atoms with Gasteiger partial charge in [-0.1, -0.05) is 24.3 Å². The Morgan fingerprint density at radius 1 is 1.19 bits per heavy atom. The third-order valence-electron chi connectivity index (χ3n) is 3.27. The maximum absolute atomic E-state index is 11.8. The summed E-state index contributed by atoms with van der Waals surface area (Å²) in [7, 11) is 0. The van der Waals surface area contributed by atoms with Crippen molar-refractivity contribution in [1.82, 2.24) is 15.4 Å². The Hall–Kier alpha value is -2.63. The van der Waals surface area contributed by atoms with Gasteiger partial charge in [0.05, 0.1) is 17.8 Å². The third kappa shape index (κ3) is 3.47. The summed E-state index contributed by atoms with van der Waals surface area (Å²) < 4.78 is 0. The van der Waals surface area contributed by atoms with Crippen LogP contribution in [0.15, 0.2) is 39.0 Å². The van der Waals surface area contributed by atoms with E-state index in [4.69, 9.17) is 0 Å². The topological polar surface area (TPSA) is 90.1 Å². The summed E-state index contributed by atoms with van der Waals surface area (Å²) in [5, 5.41) is 4.21. The van der Waals surface area contributed by atoms with Crippen LogP contribution < -0.4 is 16.7 Å². The molecule has 0 amide bonds. The maximum atomic E-state index is 11.8. The predicted octanol–water partition coefficient (Wildman–Crippen LogP) is 1.19. The number of hydrogen-bond donors (Lipinski definition) is 3. The normalized spacial score (nSPS) is 11.5. The number of H-pyrrole nitrogens is 2. The SMILES string of the molecule is C/C(=N\NCc1ccccc1C)c1c(C)[nH]c(=O)[nH]c1=O. The van der Waals surface area contributed by atoms with Gasteiger partial charge in [0.25, 0.3) is 5.56 Å². The zero-order valence-electron chi connectivity index (χ0n) is 12.3. The molecule has 0 saturated carbocycles. The van der Waals surface area contributed by atoms with E-state index < -0.39 is 11.2 Å². The van der Waals surface area contributed by atoms with Crippen molar-refractivity contribution >= 4 is 5.71 Å². The van der Waals surface area contributed by atoms with Crippen LogP contribution in [-0.4, -0.2) is 15.7 Å². The van der Waals surface area contributed by atoms with Crippen LogP contribution in [0.5, 0.6) is 0 Å². The van der Waals surface area contributed by atoms with Crippen LogP contribution in [0.4, 0.5) is 0 Å². The molecule has 0 aliphatic heterocycles. The molecule has 6 heteroatoms. The smallest absolute Gasteiger partial charge is 0.311 e. The van der Waals surface area contributed by atoms with Gasteiger partial charge in [0.1, 0.15) is 0 Å². The first-order valence-electron chi connectivity index (χ1n) is 6.64. The van der Waals surface area contributed by atoms with Gasteiger partial charge < -0.3 is 10.4 Å². The van der Waals surface area contributed by atoms with E-state index in [1.54, 1.807) is 13.8 Å². The van der Waals surface area contributed by atoms with Crippen LogP contribution in [-0.2, 0) is 6.54 Å². The molecule has 0 aliphatic carbocycles. The summed E-state index contributed by atoms with van der Waals surface area (Å²) in [6.45, 7) is 6.00. The highest BCUT2D eigenvalue weighted by molar-refractivity contribution is 5.99. The molecular weight excluding hydrogens is 268 g/mol. The Kier molecular flexibility index (Phi) is 4.37. The Labute approximate surface area is 121 Å². The van der Waals surface area contributed by atoms with E-state index >= 15 is 0 Å². The van der Waals surface area contributed by atoms with Crippen LogP contribution in [0.3, 0.4) is 0 Å². The minimum absolute atomic E-state index is 0.381. The minimum Gasteiger partial charge on any atom is -0.311 e. The quantitative estimate of drug-likeness (QED) is 0.582. The van der Waals surface area contributed by atoms with Gasteiger partial charge in [-0.3, -0.25) is 9.78 Å². The van der Waals surface area contributed by atoms with Crippen LogP contribution in [0, 0.1) is 13.8 Å². The second-order valence-corrected chi connectivity index (χ2v) is 4.87. The summed E-state index contributed by atoms with van der Waals surface area (Å²) in [6.07, 6.45) is 0. The van der Waals surface area contributed by atoms with Crippen LogP contribution in [0.1, 0.15) is 29.3 Å². The average Bonchev–Trinajstić information content (AvgIpc) is 2.39. The highest BCUT2D eigenvalue weighted by Crippen LogP contribution is 2.06. The third-order valence-corrected chi connectivity index (χ3v) is 3.27. The van der Waals surface area contributed by atoms with Gasteiger partial charge in [0.15, 0.2) is 0 Å². The molecule has 0 saturated heterocycles. The van der Waals surface area contributed by atoms with Gasteiger partial charge >= 0.3 is 5.69 Å². The Morgan fingerprint density at radius 2 is 1.90 bits per heavy atom. The first-order valence-corrected chi connectivity index (χ1v) is 6.64. The minimum atomic E-state index is -0.512. The molecule has 1 aromatic carbocycles. The number of aryl methyl sites for hydroxylation is 2. The molecule has 110 valence electrons. The lowest BCUT2D eigenvalue weighted by atomic mass is 10.1. The number of hydrazone groups is 1. The molecule has 1 aromatic heterocycles. The van der Waals surface area contributed by atoms with E-state index in [-0.39, 0.29) is 0 Å². The molecule has 3 N–H and O–H groups in total. The maximum Gasteiger partial charge on any atom is 0.325 e. The van der Waals surface area contributed by atoms with E-state index in [0.717, 1.165) is 5.56 Å². The highest BCUT2D eigenvalue weighted by atomic mass is 16.2. The highest BCUT2D eigenvalue weighted by Gasteiger charge is 2.09. The van der Waals surface area contributed by atoms with E-state index in [0.29, 0.717) is 23.5 Å². The molecule has 0 aliphatic rings. The largest absolute Gasteiger partial charge is 0.325 e. The van der Waals surface area contributed by atoms with Crippen molar-refractivity contribution in [3.05, 3.63) is 67.5 Å². The molecule has 2 aromatic rings. The number of hydrogen-bond acceptors (Lipinski definition) is 4. The van der Waals surface area contributed by atoms with E-state index in [1.165, 1.54) is 5.56 Å². The number of benzene rings is 1. The van der Waals surface area contributed by atoms with Crippen molar-refractivity contribution in [2.75, 3.05) is 0 Å². The van der Waals surface area contributed by atoms with Crippen molar-refractivity contribution in [3.8, 4) is 0 Å². The molecule has 2 rings (SSSR count). The first-order chi connectivity index (χ1) is 9.99. The average molecular weight is 286 g/mol. The lowest BCUT2D eigenvalue weighted by Gasteiger charge is -2.07. The van der Waals surface area contributed by atoms with Crippen molar-refractivity contribution < 1.29 is 0 Å². The molecule has 0 spiro atoms. The van der Waals surface area contributed by atoms with Crippen molar-refractivity contribution in [2.24, 2.45) is 5.10 Å². The fourth-order valence-corrected chi connectivity index (χ4v) is 2.14. The molecule has 0 atom stereocenters. The predicted molar refractivity (Wildman–Crippen MR) is 82.7 cm³/mol. The summed E-state index contributed by atoms with van der Waals surface area (Å²) in [5.41, 5.74) is 5.73. The van der Waals surface area contributed by atoms with Crippen molar-refractivity contribution in [3.63, 3.8) is 0 Å². The summed E-state index contributed by atoms with van der Waals surface area (Å²) in [6, 6.07) is 8.00. The van der Waals surface area contributed by atoms with Gasteiger partial charge in [0.2, 0.25) is 0 Å². The van der Waals surface area contributed by atoms with Crippen molar-refractivity contribution in [2.45, 2.75) is 27.3 Å². The molecule has 1 heterocycles. The lowest BCUT2D eigenvalue weighted by Crippen LogP contribution is -2.29. The Bertz CT molecular complexity index is 787. The second-order valence-electron chi connectivity index (χ2n) is 4.87. The van der Waals surface area contributed by atoms with Gasteiger partial charge in [-0.05, 0) is 31.9 Å². The van der Waals surface area contributed by atoms with E-state index in [1.807, 2.05) is 31.2 Å². The zero-order chi connectivity index (χ0) is 15.4. The number of nitrogens with zero attached hydrogens (tertiary/aromatic N) is 1. The summed E-state index contributed by atoms with van der Waals surface area (Å²) in [5.74, 6) is 0. The van der Waals surface area contributed by atoms with Gasteiger partial charge in [-0.2, -0.15) is 5.10 Å². The Balaban J connectivity index is 2.18. The monoisotopic (exact) mass is 286 g/mol. The molecule has 21 heavy (non-hydrogen) atoms. The number of rotatable bonds is 4. The molecule has 0 radical (unpaired) electrons. The molecule has 0 unspecified atom stereocenters. The standard InChI is InChI=1S/C15H18N4O2/c1-9-6-4-5-7-12(9)8-16-19-11(3)13-10(2)17-15(21)18-14(13)20/h4-7,16H,8H2,1-3H3,(H2,17,18,20,21)/b19-11+. The molecule has 6 nitrogen and oxygen atoms in total. The summed E-state index contributed by atoms with van der Waals surface area (Å²) in [4.78, 5) is 27.7. The Morgan fingerprint density at radius 3 is 2.57 bits per heavy atom. The van der Waals surface area contributed by atoms with Gasteiger partial charge in [-0.15, -0.1) is 0 Å². The molecule has 0 bridgehead atoms. The van der Waals surface area contributed by atoms with Gasteiger partial charge in [0, 0.05) is 5.69 Å². The molecule has 0 fully saturated rings. The van der Waals surface area contributed by atoms with Crippen LogP contribution in [0.25, 0.3) is 0 Å². The van der Waals surface area contributed by atoms with Crippen molar-refractivity contribution in [1.29, 1.82) is 0 Å². The number of aromatic nitrogens is 2. The number of nitrogens with one attached hydrogen (secondary N) is 3. The fraction of sp³-hybridized carbons (Fsp3) is 0.267. The second kappa shape index (κ2) is 6.21. The lowest BCUT2D eigenvalue weighted by molar-refractivity contribution is 0.739. The fourth-order valence-electron chi connectivity index (χ4n) is 2.14. The number of aromatic amines is 2. The molecular formula is C15H18N4O2. The van der Waals surface area contributed by atoms with Gasteiger partial charge in [-0.25, -0.2) is 4.79 Å². The zero-order valence-corrected chi connectivity index (χ0v) is 12.3.